The molecule has 0 radical (unpaired) electrons. The third-order valence-corrected chi connectivity index (χ3v) is 4.45. The van der Waals surface area contributed by atoms with Crippen LogP contribution in [0.3, 0.4) is 0 Å². The molecule has 116 valence electrons. The fourth-order valence-electron chi connectivity index (χ4n) is 2.84. The van der Waals surface area contributed by atoms with E-state index in [9.17, 15) is 0 Å². The van der Waals surface area contributed by atoms with Crippen molar-refractivity contribution in [1.82, 2.24) is 25.0 Å². The second-order valence-electron chi connectivity index (χ2n) is 6.01. The van der Waals surface area contributed by atoms with Crippen molar-refractivity contribution in [2.45, 2.75) is 31.7 Å². The summed E-state index contributed by atoms with van der Waals surface area (Å²) in [5.41, 5.74) is 0. The highest BCUT2D eigenvalue weighted by Gasteiger charge is 2.31. The lowest BCUT2D eigenvalue weighted by molar-refractivity contribution is 0.163. The summed E-state index contributed by atoms with van der Waals surface area (Å²) in [7, 11) is 0. The van der Waals surface area contributed by atoms with Crippen LogP contribution in [0.15, 0.2) is 23.0 Å². The standard InChI is InChI=1S/C15H20N6O/c1-11(14-18-13(19-22-14)12-3-4-12)20-7-9-21(10-8-20)15-16-5-2-6-17-15/h2,5-6,11-12H,3-4,7-10H2,1H3. The monoisotopic (exact) mass is 300 g/mol. The van der Waals surface area contributed by atoms with Crippen LogP contribution in [0.4, 0.5) is 5.95 Å². The second-order valence-corrected chi connectivity index (χ2v) is 6.01. The van der Waals surface area contributed by atoms with E-state index in [0.29, 0.717) is 5.92 Å². The molecular formula is C15H20N6O. The maximum Gasteiger partial charge on any atom is 0.243 e. The van der Waals surface area contributed by atoms with Crippen LogP contribution in [-0.2, 0) is 0 Å². The summed E-state index contributed by atoms with van der Waals surface area (Å²) in [5, 5.41) is 4.11. The van der Waals surface area contributed by atoms with E-state index in [1.807, 2.05) is 6.07 Å². The first-order chi connectivity index (χ1) is 10.8. The van der Waals surface area contributed by atoms with Gasteiger partial charge < -0.3 is 9.42 Å². The smallest absolute Gasteiger partial charge is 0.243 e. The molecule has 0 N–H and O–H groups in total. The van der Waals surface area contributed by atoms with Crippen molar-refractivity contribution >= 4 is 5.95 Å². The number of piperazine rings is 1. The van der Waals surface area contributed by atoms with Crippen LogP contribution < -0.4 is 4.90 Å². The lowest BCUT2D eigenvalue weighted by Gasteiger charge is -2.36. The van der Waals surface area contributed by atoms with Crippen molar-refractivity contribution in [3.05, 3.63) is 30.2 Å². The number of aromatic nitrogens is 4. The Hall–Kier alpha value is -2.02. The Morgan fingerprint density at radius 2 is 1.86 bits per heavy atom. The predicted octanol–water partition coefficient (Wildman–Crippen LogP) is 1.62. The average molecular weight is 300 g/mol. The molecule has 1 saturated carbocycles. The Morgan fingerprint density at radius 1 is 1.14 bits per heavy atom. The van der Waals surface area contributed by atoms with E-state index in [0.717, 1.165) is 43.8 Å². The number of anilines is 1. The molecule has 1 aliphatic heterocycles. The number of hydrogen-bond acceptors (Lipinski definition) is 7. The van der Waals surface area contributed by atoms with E-state index in [1.54, 1.807) is 12.4 Å². The fraction of sp³-hybridized carbons (Fsp3) is 0.600. The molecule has 1 unspecified atom stereocenters. The molecule has 2 aromatic heterocycles. The molecule has 2 aromatic rings. The molecular weight excluding hydrogens is 280 g/mol. The summed E-state index contributed by atoms with van der Waals surface area (Å²) in [4.78, 5) is 17.8. The van der Waals surface area contributed by atoms with Crippen molar-refractivity contribution in [2.75, 3.05) is 31.1 Å². The lowest BCUT2D eigenvalue weighted by Crippen LogP contribution is -2.47. The van der Waals surface area contributed by atoms with Gasteiger partial charge in [0.2, 0.25) is 11.8 Å². The number of nitrogens with zero attached hydrogens (tertiary/aromatic N) is 6. The summed E-state index contributed by atoms with van der Waals surface area (Å²) in [6.07, 6.45) is 5.97. The van der Waals surface area contributed by atoms with Gasteiger partial charge in [-0.25, -0.2) is 9.97 Å². The van der Waals surface area contributed by atoms with Crippen LogP contribution in [0.2, 0.25) is 0 Å². The molecule has 0 spiro atoms. The van der Waals surface area contributed by atoms with Gasteiger partial charge in [0.1, 0.15) is 0 Å². The van der Waals surface area contributed by atoms with Crippen LogP contribution in [-0.4, -0.2) is 51.2 Å². The molecule has 1 aliphatic carbocycles. The normalized spacial score (nSPS) is 21.0. The highest BCUT2D eigenvalue weighted by Crippen LogP contribution is 2.38. The Bertz CT molecular complexity index is 618. The van der Waals surface area contributed by atoms with E-state index in [-0.39, 0.29) is 6.04 Å². The first-order valence-electron chi connectivity index (χ1n) is 7.91. The molecule has 2 aliphatic rings. The Balaban J connectivity index is 1.38. The van der Waals surface area contributed by atoms with Gasteiger partial charge in [-0.15, -0.1) is 0 Å². The maximum absolute atomic E-state index is 5.45. The third-order valence-electron chi connectivity index (χ3n) is 4.45. The zero-order valence-corrected chi connectivity index (χ0v) is 12.7. The summed E-state index contributed by atoms with van der Waals surface area (Å²) >= 11 is 0. The maximum atomic E-state index is 5.45. The van der Waals surface area contributed by atoms with Crippen LogP contribution in [0.1, 0.15) is 43.4 Å². The second kappa shape index (κ2) is 5.64. The Kier molecular flexibility index (Phi) is 3.49. The molecule has 1 atom stereocenters. The van der Waals surface area contributed by atoms with E-state index >= 15 is 0 Å². The highest BCUT2D eigenvalue weighted by atomic mass is 16.5. The molecule has 0 amide bonds. The van der Waals surface area contributed by atoms with E-state index in [2.05, 4.69) is 36.8 Å². The molecule has 22 heavy (non-hydrogen) atoms. The average Bonchev–Trinajstić information content (AvgIpc) is 3.32. The SMILES string of the molecule is CC(c1nc(C2CC2)no1)N1CCN(c2ncccn2)CC1. The van der Waals surface area contributed by atoms with Crippen molar-refractivity contribution in [3.63, 3.8) is 0 Å². The van der Waals surface area contributed by atoms with Gasteiger partial charge in [0, 0.05) is 44.5 Å². The predicted molar refractivity (Wildman–Crippen MR) is 80.5 cm³/mol. The summed E-state index contributed by atoms with van der Waals surface area (Å²) in [6.45, 7) is 5.86. The number of rotatable bonds is 4. The van der Waals surface area contributed by atoms with Crippen molar-refractivity contribution in [2.24, 2.45) is 0 Å². The van der Waals surface area contributed by atoms with Gasteiger partial charge in [0.05, 0.1) is 6.04 Å². The first kappa shape index (κ1) is 13.6. The minimum Gasteiger partial charge on any atom is -0.338 e. The minimum atomic E-state index is 0.166. The lowest BCUT2D eigenvalue weighted by atomic mass is 10.2. The number of hydrogen-bond donors (Lipinski definition) is 0. The zero-order chi connectivity index (χ0) is 14.9. The van der Waals surface area contributed by atoms with Gasteiger partial charge in [0.15, 0.2) is 5.82 Å². The van der Waals surface area contributed by atoms with Crippen LogP contribution in [0.25, 0.3) is 0 Å². The molecule has 7 heteroatoms. The summed E-state index contributed by atoms with van der Waals surface area (Å²) < 4.78 is 5.45. The van der Waals surface area contributed by atoms with E-state index < -0.39 is 0 Å². The largest absolute Gasteiger partial charge is 0.338 e. The molecule has 2 fully saturated rings. The van der Waals surface area contributed by atoms with Gasteiger partial charge in [0.25, 0.3) is 0 Å². The highest BCUT2D eigenvalue weighted by molar-refractivity contribution is 5.29. The van der Waals surface area contributed by atoms with Gasteiger partial charge in [-0.05, 0) is 25.8 Å². The molecule has 3 heterocycles. The quantitative estimate of drug-likeness (QED) is 0.849. The van der Waals surface area contributed by atoms with E-state index in [4.69, 9.17) is 4.52 Å². The van der Waals surface area contributed by atoms with Crippen molar-refractivity contribution in [3.8, 4) is 0 Å². The molecule has 7 nitrogen and oxygen atoms in total. The Morgan fingerprint density at radius 3 is 2.55 bits per heavy atom. The Labute approximate surface area is 129 Å². The topological polar surface area (TPSA) is 71.2 Å². The third kappa shape index (κ3) is 2.68. The summed E-state index contributed by atoms with van der Waals surface area (Å²) in [6, 6.07) is 2.01. The fourth-order valence-corrected chi connectivity index (χ4v) is 2.84. The molecule has 4 rings (SSSR count). The van der Waals surface area contributed by atoms with Crippen molar-refractivity contribution in [1.29, 1.82) is 0 Å². The van der Waals surface area contributed by atoms with E-state index in [1.165, 1.54) is 12.8 Å². The summed E-state index contributed by atoms with van der Waals surface area (Å²) in [5.74, 6) is 2.98. The van der Waals surface area contributed by atoms with Gasteiger partial charge in [-0.1, -0.05) is 5.16 Å². The van der Waals surface area contributed by atoms with Gasteiger partial charge >= 0.3 is 0 Å². The van der Waals surface area contributed by atoms with Gasteiger partial charge in [-0.2, -0.15) is 4.98 Å². The molecule has 0 aromatic carbocycles. The first-order valence-corrected chi connectivity index (χ1v) is 7.91. The zero-order valence-electron chi connectivity index (χ0n) is 12.7. The van der Waals surface area contributed by atoms with Crippen LogP contribution in [0, 0.1) is 0 Å². The minimum absolute atomic E-state index is 0.166. The van der Waals surface area contributed by atoms with Gasteiger partial charge in [-0.3, -0.25) is 4.90 Å². The molecule has 1 saturated heterocycles. The van der Waals surface area contributed by atoms with Crippen molar-refractivity contribution < 1.29 is 4.52 Å². The van der Waals surface area contributed by atoms with Crippen LogP contribution in [0.5, 0.6) is 0 Å². The molecule has 0 bridgehead atoms. The van der Waals surface area contributed by atoms with Crippen LogP contribution >= 0.6 is 0 Å².